The van der Waals surface area contributed by atoms with Gasteiger partial charge in [0.1, 0.15) is 0 Å². The van der Waals surface area contributed by atoms with Gasteiger partial charge in [-0.15, -0.1) is 12.4 Å². The third-order valence-corrected chi connectivity index (χ3v) is 5.08. The highest BCUT2D eigenvalue weighted by atomic mass is 35.5. The molecule has 0 spiro atoms. The smallest absolute Gasteiger partial charge is 0.224 e. The first-order valence-corrected chi connectivity index (χ1v) is 9.43. The maximum absolute atomic E-state index is 12.2. The summed E-state index contributed by atoms with van der Waals surface area (Å²) < 4.78 is 0. The summed E-state index contributed by atoms with van der Waals surface area (Å²) in [6, 6.07) is 9.29. The average molecular weight is 382 g/mol. The van der Waals surface area contributed by atoms with Gasteiger partial charge in [-0.05, 0) is 24.3 Å². The number of hydrogen-bond donors (Lipinski definition) is 3. The minimum Gasteiger partial charge on any atom is -0.354 e. The molecule has 0 aliphatic heterocycles. The highest BCUT2D eigenvalue weighted by Crippen LogP contribution is 2.26. The molecule has 2 unspecified atom stereocenters. The van der Waals surface area contributed by atoms with E-state index in [2.05, 4.69) is 10.6 Å². The van der Waals surface area contributed by atoms with Crippen LogP contribution in [0.4, 0.5) is 0 Å². The number of benzene rings is 1. The number of hydrogen-bond acceptors (Lipinski definition) is 3. The second-order valence-corrected chi connectivity index (χ2v) is 7.07. The topological polar surface area (TPSA) is 84.2 Å². The summed E-state index contributed by atoms with van der Waals surface area (Å²) in [5, 5.41) is 5.76. The zero-order valence-electron chi connectivity index (χ0n) is 15.6. The van der Waals surface area contributed by atoms with Crippen molar-refractivity contribution < 1.29 is 9.59 Å². The maximum atomic E-state index is 12.2. The molecule has 1 fully saturated rings. The fourth-order valence-electron chi connectivity index (χ4n) is 3.40. The first-order valence-electron chi connectivity index (χ1n) is 9.43. The molecule has 2 rings (SSSR count). The Hall–Kier alpha value is -1.59. The van der Waals surface area contributed by atoms with Gasteiger partial charge in [-0.1, -0.05) is 56.5 Å². The Morgan fingerprint density at radius 3 is 2.35 bits per heavy atom. The molecule has 0 bridgehead atoms. The van der Waals surface area contributed by atoms with E-state index < -0.39 is 0 Å². The summed E-state index contributed by atoms with van der Waals surface area (Å²) in [5.41, 5.74) is 7.12. The third kappa shape index (κ3) is 7.34. The van der Waals surface area contributed by atoms with Crippen molar-refractivity contribution in [2.75, 3.05) is 13.1 Å². The van der Waals surface area contributed by atoms with Crippen molar-refractivity contribution in [3.63, 3.8) is 0 Å². The minimum absolute atomic E-state index is 0. The number of halogens is 1. The van der Waals surface area contributed by atoms with E-state index in [-0.39, 0.29) is 36.2 Å². The lowest BCUT2D eigenvalue weighted by atomic mass is 9.87. The maximum Gasteiger partial charge on any atom is 0.224 e. The molecule has 6 heteroatoms. The largest absolute Gasteiger partial charge is 0.354 e. The molecule has 146 valence electrons. The third-order valence-electron chi connectivity index (χ3n) is 5.08. The number of carbonyl (C=O) groups is 2. The molecule has 0 heterocycles. The lowest BCUT2D eigenvalue weighted by Crippen LogP contribution is -2.40. The Morgan fingerprint density at radius 2 is 1.69 bits per heavy atom. The molecule has 1 saturated carbocycles. The predicted molar refractivity (Wildman–Crippen MR) is 107 cm³/mol. The van der Waals surface area contributed by atoms with E-state index in [4.69, 9.17) is 5.73 Å². The van der Waals surface area contributed by atoms with Crippen LogP contribution in [0.5, 0.6) is 0 Å². The Kier molecular flexibility index (Phi) is 10.3. The number of carbonyl (C=O) groups excluding carboxylic acids is 2. The molecule has 0 radical (unpaired) electrons. The van der Waals surface area contributed by atoms with Gasteiger partial charge in [0, 0.05) is 25.6 Å². The van der Waals surface area contributed by atoms with Gasteiger partial charge in [0.05, 0.1) is 5.92 Å². The quantitative estimate of drug-likeness (QED) is 0.605. The van der Waals surface area contributed by atoms with Crippen molar-refractivity contribution >= 4 is 24.2 Å². The molecular weight excluding hydrogens is 350 g/mol. The van der Waals surface area contributed by atoms with Gasteiger partial charge in [0.2, 0.25) is 11.8 Å². The zero-order chi connectivity index (χ0) is 18.1. The van der Waals surface area contributed by atoms with Crippen LogP contribution in [-0.2, 0) is 9.59 Å². The fraction of sp³-hybridized carbons (Fsp3) is 0.600. The van der Waals surface area contributed by atoms with Crippen LogP contribution in [0.1, 0.15) is 57.1 Å². The summed E-state index contributed by atoms with van der Waals surface area (Å²) in [7, 11) is 0. The molecule has 1 aromatic rings. The minimum atomic E-state index is -0.331. The van der Waals surface area contributed by atoms with E-state index in [1.807, 2.05) is 37.3 Å². The Bertz CT molecular complexity index is 547. The summed E-state index contributed by atoms with van der Waals surface area (Å²) in [6.45, 7) is 2.72. The van der Waals surface area contributed by atoms with Gasteiger partial charge in [-0.2, -0.15) is 0 Å². The van der Waals surface area contributed by atoms with E-state index in [1.165, 1.54) is 32.1 Å². The summed E-state index contributed by atoms with van der Waals surface area (Å²) in [5.74, 6) is 0.223. The predicted octanol–water partition coefficient (Wildman–Crippen LogP) is 2.95. The second-order valence-electron chi connectivity index (χ2n) is 7.07. The Labute approximate surface area is 162 Å². The van der Waals surface area contributed by atoms with E-state index in [9.17, 15) is 9.59 Å². The van der Waals surface area contributed by atoms with Gasteiger partial charge in [0.15, 0.2) is 0 Å². The number of nitrogens with two attached hydrogens (primary N) is 1. The SMILES string of the molecule is CC(C(=O)NCCNC(=O)CC1CCCCC1)C(N)c1ccccc1.Cl. The van der Waals surface area contributed by atoms with Crippen LogP contribution in [-0.4, -0.2) is 24.9 Å². The first-order chi connectivity index (χ1) is 12.1. The number of rotatable bonds is 8. The van der Waals surface area contributed by atoms with E-state index >= 15 is 0 Å². The van der Waals surface area contributed by atoms with E-state index in [0.717, 1.165) is 5.56 Å². The van der Waals surface area contributed by atoms with Crippen LogP contribution >= 0.6 is 12.4 Å². The second kappa shape index (κ2) is 11.9. The van der Waals surface area contributed by atoms with Crippen LogP contribution in [0.3, 0.4) is 0 Å². The van der Waals surface area contributed by atoms with Gasteiger partial charge in [0.25, 0.3) is 0 Å². The van der Waals surface area contributed by atoms with Crippen molar-refractivity contribution in [2.24, 2.45) is 17.6 Å². The number of nitrogens with one attached hydrogen (secondary N) is 2. The van der Waals surface area contributed by atoms with Gasteiger partial charge in [-0.3, -0.25) is 9.59 Å². The molecule has 0 saturated heterocycles. The molecule has 26 heavy (non-hydrogen) atoms. The van der Waals surface area contributed by atoms with Crippen LogP contribution in [0.15, 0.2) is 30.3 Å². The lowest BCUT2D eigenvalue weighted by Gasteiger charge is -2.21. The van der Waals surface area contributed by atoms with Crippen molar-refractivity contribution in [1.29, 1.82) is 0 Å². The lowest BCUT2D eigenvalue weighted by molar-refractivity contribution is -0.126. The fourth-order valence-corrected chi connectivity index (χ4v) is 3.40. The Balaban J connectivity index is 0.00000338. The van der Waals surface area contributed by atoms with Gasteiger partial charge in [-0.25, -0.2) is 0 Å². The van der Waals surface area contributed by atoms with Crippen LogP contribution in [0.25, 0.3) is 0 Å². The van der Waals surface area contributed by atoms with Crippen molar-refractivity contribution in [1.82, 2.24) is 10.6 Å². The normalized spacial score (nSPS) is 16.8. The number of amides is 2. The monoisotopic (exact) mass is 381 g/mol. The molecule has 2 atom stereocenters. The van der Waals surface area contributed by atoms with E-state index in [0.29, 0.717) is 25.4 Å². The van der Waals surface area contributed by atoms with Crippen LogP contribution < -0.4 is 16.4 Å². The summed E-state index contributed by atoms with van der Waals surface area (Å²) in [4.78, 5) is 24.2. The van der Waals surface area contributed by atoms with Gasteiger partial charge >= 0.3 is 0 Å². The molecule has 2 amide bonds. The summed E-state index contributed by atoms with van der Waals surface area (Å²) in [6.07, 6.45) is 6.73. The Morgan fingerprint density at radius 1 is 1.08 bits per heavy atom. The van der Waals surface area contributed by atoms with E-state index in [1.54, 1.807) is 0 Å². The first kappa shape index (κ1) is 22.5. The van der Waals surface area contributed by atoms with Crippen LogP contribution in [0, 0.1) is 11.8 Å². The molecule has 4 N–H and O–H groups in total. The molecule has 0 aromatic heterocycles. The standard InChI is InChI=1S/C20H31N3O2.ClH/c1-15(19(21)17-10-6-3-7-11-17)20(25)23-13-12-22-18(24)14-16-8-4-2-5-9-16;/h3,6-7,10-11,15-16,19H,2,4-5,8-9,12-14,21H2,1H3,(H,22,24)(H,23,25);1H. The highest BCUT2D eigenvalue weighted by molar-refractivity contribution is 5.85. The van der Waals surface area contributed by atoms with Crippen molar-refractivity contribution in [3.05, 3.63) is 35.9 Å². The van der Waals surface area contributed by atoms with Crippen LogP contribution in [0.2, 0.25) is 0 Å². The molecular formula is C20H32ClN3O2. The molecule has 1 aliphatic carbocycles. The zero-order valence-corrected chi connectivity index (χ0v) is 16.4. The summed E-state index contributed by atoms with van der Waals surface area (Å²) >= 11 is 0. The van der Waals surface area contributed by atoms with Gasteiger partial charge < -0.3 is 16.4 Å². The van der Waals surface area contributed by atoms with Crippen molar-refractivity contribution in [2.45, 2.75) is 51.5 Å². The average Bonchev–Trinajstić information content (AvgIpc) is 2.65. The van der Waals surface area contributed by atoms with Crippen molar-refractivity contribution in [3.8, 4) is 0 Å². The molecule has 1 aromatic carbocycles. The highest BCUT2D eigenvalue weighted by Gasteiger charge is 2.21. The molecule has 1 aliphatic rings. The molecule has 5 nitrogen and oxygen atoms in total.